The van der Waals surface area contributed by atoms with Crippen molar-refractivity contribution in [3.8, 4) is 0 Å². The fourth-order valence-corrected chi connectivity index (χ4v) is 3.36. The highest BCUT2D eigenvalue weighted by Crippen LogP contribution is 2.18. The van der Waals surface area contributed by atoms with Crippen LogP contribution in [-0.4, -0.2) is 45.9 Å². The molecule has 28 heavy (non-hydrogen) atoms. The summed E-state index contributed by atoms with van der Waals surface area (Å²) in [6, 6.07) is 6.60. The van der Waals surface area contributed by atoms with E-state index in [0.717, 1.165) is 12.8 Å². The number of hydrogen-bond donors (Lipinski definition) is 3. The van der Waals surface area contributed by atoms with Crippen LogP contribution in [-0.2, 0) is 9.59 Å². The average molecular weight is 385 g/mol. The van der Waals surface area contributed by atoms with E-state index in [9.17, 15) is 19.2 Å². The first-order chi connectivity index (χ1) is 13.5. The van der Waals surface area contributed by atoms with E-state index < -0.39 is 11.5 Å². The summed E-state index contributed by atoms with van der Waals surface area (Å²) < 4.78 is 0. The topological polar surface area (TPSA) is 124 Å². The SMILES string of the molecule is CCCC(=O)N1CCCC(C(=O)NNC(=O)c2n[nH]c(=O)c3ccccc23)C1. The molecule has 0 saturated carbocycles. The number of rotatable bonds is 4. The number of fused-ring (bicyclic) bond motifs is 1. The quantitative estimate of drug-likeness (QED) is 0.669. The van der Waals surface area contributed by atoms with Crippen LogP contribution in [0.1, 0.15) is 43.1 Å². The van der Waals surface area contributed by atoms with Crippen molar-refractivity contribution in [2.45, 2.75) is 32.6 Å². The third kappa shape index (κ3) is 4.19. The maximum Gasteiger partial charge on any atom is 0.290 e. The fraction of sp³-hybridized carbons (Fsp3) is 0.421. The number of benzene rings is 1. The second-order valence-electron chi connectivity index (χ2n) is 6.82. The van der Waals surface area contributed by atoms with E-state index in [1.807, 2.05) is 6.92 Å². The summed E-state index contributed by atoms with van der Waals surface area (Å²) in [5.41, 5.74) is 4.38. The zero-order valence-electron chi connectivity index (χ0n) is 15.7. The summed E-state index contributed by atoms with van der Waals surface area (Å²) >= 11 is 0. The van der Waals surface area contributed by atoms with E-state index in [1.54, 1.807) is 29.2 Å². The summed E-state index contributed by atoms with van der Waals surface area (Å²) in [5, 5.41) is 6.82. The minimum absolute atomic E-state index is 0.0129. The molecule has 9 heteroatoms. The van der Waals surface area contributed by atoms with Gasteiger partial charge in [-0.05, 0) is 25.3 Å². The van der Waals surface area contributed by atoms with Gasteiger partial charge < -0.3 is 4.90 Å². The number of hydrogen-bond acceptors (Lipinski definition) is 5. The third-order valence-corrected chi connectivity index (χ3v) is 4.82. The lowest BCUT2D eigenvalue weighted by Crippen LogP contribution is -2.50. The van der Waals surface area contributed by atoms with Gasteiger partial charge in [0.15, 0.2) is 5.69 Å². The van der Waals surface area contributed by atoms with Gasteiger partial charge in [-0.1, -0.05) is 25.1 Å². The number of piperidine rings is 1. The van der Waals surface area contributed by atoms with Gasteiger partial charge in [-0.25, -0.2) is 5.10 Å². The molecule has 0 bridgehead atoms. The molecule has 1 aromatic heterocycles. The lowest BCUT2D eigenvalue weighted by Gasteiger charge is -2.32. The number of amides is 3. The standard InChI is InChI=1S/C19H23N5O4/c1-2-6-15(25)24-10-5-7-12(11-24)17(26)21-23-19(28)16-13-8-3-4-9-14(13)18(27)22-20-16/h3-4,8-9,12H,2,5-7,10-11H2,1H3,(H,21,26)(H,22,27)(H,23,28). The average Bonchev–Trinajstić information content (AvgIpc) is 2.72. The second-order valence-corrected chi connectivity index (χ2v) is 6.82. The molecule has 3 N–H and O–H groups in total. The van der Waals surface area contributed by atoms with Crippen molar-refractivity contribution < 1.29 is 14.4 Å². The number of likely N-dealkylation sites (tertiary alicyclic amines) is 1. The molecule has 3 amide bonds. The van der Waals surface area contributed by atoms with Crippen LogP contribution in [0.3, 0.4) is 0 Å². The van der Waals surface area contributed by atoms with Gasteiger partial charge in [-0.2, -0.15) is 5.10 Å². The fourth-order valence-electron chi connectivity index (χ4n) is 3.36. The highest BCUT2D eigenvalue weighted by molar-refractivity contribution is 6.05. The predicted octanol–water partition coefficient (Wildman–Crippen LogP) is 0.723. The van der Waals surface area contributed by atoms with E-state index in [2.05, 4.69) is 21.0 Å². The molecule has 9 nitrogen and oxygen atoms in total. The third-order valence-electron chi connectivity index (χ3n) is 4.82. The van der Waals surface area contributed by atoms with Gasteiger partial charge in [0.25, 0.3) is 11.5 Å². The summed E-state index contributed by atoms with van der Waals surface area (Å²) in [7, 11) is 0. The normalized spacial score (nSPS) is 16.6. The lowest BCUT2D eigenvalue weighted by molar-refractivity contribution is -0.136. The lowest BCUT2D eigenvalue weighted by atomic mass is 9.97. The molecular formula is C19H23N5O4. The highest BCUT2D eigenvalue weighted by Gasteiger charge is 2.28. The van der Waals surface area contributed by atoms with Crippen molar-refractivity contribution in [2.24, 2.45) is 5.92 Å². The number of carbonyl (C=O) groups is 3. The van der Waals surface area contributed by atoms with Gasteiger partial charge in [0.1, 0.15) is 0 Å². The Morgan fingerprint density at radius 1 is 1.21 bits per heavy atom. The smallest absolute Gasteiger partial charge is 0.290 e. The van der Waals surface area contributed by atoms with E-state index in [-0.39, 0.29) is 23.4 Å². The van der Waals surface area contributed by atoms with Gasteiger partial charge in [-0.15, -0.1) is 0 Å². The summed E-state index contributed by atoms with van der Waals surface area (Å²) in [5.74, 6) is -1.31. The van der Waals surface area contributed by atoms with E-state index in [4.69, 9.17) is 0 Å². The molecule has 1 fully saturated rings. The van der Waals surface area contributed by atoms with Gasteiger partial charge in [-0.3, -0.25) is 30.0 Å². The molecular weight excluding hydrogens is 362 g/mol. The highest BCUT2D eigenvalue weighted by atomic mass is 16.2. The molecule has 2 heterocycles. The Morgan fingerprint density at radius 2 is 1.96 bits per heavy atom. The molecule has 1 saturated heterocycles. The first-order valence-corrected chi connectivity index (χ1v) is 9.36. The molecule has 2 aromatic rings. The number of aromatic nitrogens is 2. The Hall–Kier alpha value is -3.23. The van der Waals surface area contributed by atoms with Gasteiger partial charge in [0, 0.05) is 24.9 Å². The Bertz CT molecular complexity index is 955. The Balaban J connectivity index is 1.63. The maximum absolute atomic E-state index is 12.4. The Morgan fingerprint density at radius 3 is 2.71 bits per heavy atom. The van der Waals surface area contributed by atoms with E-state index in [0.29, 0.717) is 36.7 Å². The second kappa shape index (κ2) is 8.64. The maximum atomic E-state index is 12.4. The van der Waals surface area contributed by atoms with Gasteiger partial charge >= 0.3 is 0 Å². The number of carbonyl (C=O) groups excluding carboxylic acids is 3. The molecule has 1 unspecified atom stereocenters. The van der Waals surface area contributed by atoms with Crippen LogP contribution in [0.15, 0.2) is 29.1 Å². The van der Waals surface area contributed by atoms with Crippen molar-refractivity contribution in [1.29, 1.82) is 0 Å². The Labute approximate surface area is 161 Å². The van der Waals surface area contributed by atoms with Crippen molar-refractivity contribution in [2.75, 3.05) is 13.1 Å². The number of H-pyrrole nitrogens is 1. The first kappa shape index (κ1) is 19.5. The van der Waals surface area contributed by atoms with Crippen molar-refractivity contribution >= 4 is 28.5 Å². The molecule has 1 aromatic carbocycles. The van der Waals surface area contributed by atoms with Crippen LogP contribution in [0.5, 0.6) is 0 Å². The van der Waals surface area contributed by atoms with Gasteiger partial charge in [0.05, 0.1) is 11.3 Å². The van der Waals surface area contributed by atoms with Crippen LogP contribution in [0.4, 0.5) is 0 Å². The van der Waals surface area contributed by atoms with E-state index >= 15 is 0 Å². The monoisotopic (exact) mass is 385 g/mol. The minimum atomic E-state index is -0.629. The van der Waals surface area contributed by atoms with Crippen LogP contribution >= 0.6 is 0 Å². The van der Waals surface area contributed by atoms with E-state index in [1.165, 1.54) is 0 Å². The van der Waals surface area contributed by atoms with Crippen LogP contribution in [0, 0.1) is 5.92 Å². The molecule has 0 aliphatic carbocycles. The van der Waals surface area contributed by atoms with Crippen molar-refractivity contribution in [3.05, 3.63) is 40.3 Å². The minimum Gasteiger partial charge on any atom is -0.342 e. The number of nitrogens with zero attached hydrogens (tertiary/aromatic N) is 2. The Kier molecular flexibility index (Phi) is 6.03. The number of hydrazine groups is 1. The molecule has 148 valence electrons. The largest absolute Gasteiger partial charge is 0.342 e. The molecule has 0 radical (unpaired) electrons. The number of aromatic amines is 1. The molecule has 1 aliphatic heterocycles. The van der Waals surface area contributed by atoms with Crippen LogP contribution in [0.2, 0.25) is 0 Å². The molecule has 1 aliphatic rings. The molecule has 1 atom stereocenters. The summed E-state index contributed by atoms with van der Waals surface area (Å²) in [6.45, 7) is 2.94. The van der Waals surface area contributed by atoms with Gasteiger partial charge in [0.2, 0.25) is 11.8 Å². The van der Waals surface area contributed by atoms with Crippen LogP contribution < -0.4 is 16.4 Å². The van der Waals surface area contributed by atoms with Crippen molar-refractivity contribution in [1.82, 2.24) is 25.9 Å². The summed E-state index contributed by atoms with van der Waals surface area (Å²) in [4.78, 5) is 50.4. The predicted molar refractivity (Wildman–Crippen MR) is 102 cm³/mol. The molecule has 3 rings (SSSR count). The summed E-state index contributed by atoms with van der Waals surface area (Å²) in [6.07, 6.45) is 2.63. The number of nitrogens with one attached hydrogen (secondary N) is 3. The molecule has 0 spiro atoms. The first-order valence-electron chi connectivity index (χ1n) is 9.36. The zero-order chi connectivity index (χ0) is 20.1. The van der Waals surface area contributed by atoms with Crippen molar-refractivity contribution in [3.63, 3.8) is 0 Å². The van der Waals surface area contributed by atoms with Crippen LogP contribution in [0.25, 0.3) is 10.8 Å². The zero-order valence-corrected chi connectivity index (χ0v) is 15.7.